The van der Waals surface area contributed by atoms with Gasteiger partial charge in [0.1, 0.15) is 5.82 Å². The van der Waals surface area contributed by atoms with Crippen molar-refractivity contribution in [2.45, 2.75) is 19.5 Å². The molecule has 0 radical (unpaired) electrons. The lowest BCUT2D eigenvalue weighted by Gasteiger charge is -2.23. The average molecular weight is 317 g/mol. The summed E-state index contributed by atoms with van der Waals surface area (Å²) in [5.74, 6) is 0.611. The first-order valence-corrected chi connectivity index (χ1v) is 7.59. The van der Waals surface area contributed by atoms with Crippen LogP contribution in [0.15, 0.2) is 18.3 Å². The normalized spacial score (nSPS) is 17.5. The van der Waals surface area contributed by atoms with Gasteiger partial charge in [0.2, 0.25) is 0 Å². The van der Waals surface area contributed by atoms with E-state index in [9.17, 15) is 13.2 Å². The standard InChI is InChI=1S/C15H22F3N3O/c1-2-22-11-10-20-6-3-7-21(9-8-20)14-5-4-13(12-19-14)15(16,17)18/h4-5,12H,2-3,6-11H2,1H3. The highest BCUT2D eigenvalue weighted by molar-refractivity contribution is 5.40. The van der Waals surface area contributed by atoms with E-state index in [1.807, 2.05) is 11.8 Å². The Bertz CT molecular complexity index is 450. The van der Waals surface area contributed by atoms with Crippen molar-refractivity contribution in [3.05, 3.63) is 23.9 Å². The molecule has 1 aromatic rings. The van der Waals surface area contributed by atoms with Crippen molar-refractivity contribution in [1.82, 2.24) is 9.88 Å². The summed E-state index contributed by atoms with van der Waals surface area (Å²) in [6.45, 7) is 7.72. The lowest BCUT2D eigenvalue weighted by Crippen LogP contribution is -2.33. The van der Waals surface area contributed by atoms with E-state index in [4.69, 9.17) is 4.74 Å². The number of ether oxygens (including phenoxy) is 1. The predicted molar refractivity (Wildman–Crippen MR) is 79.0 cm³/mol. The second-order valence-electron chi connectivity index (χ2n) is 5.28. The van der Waals surface area contributed by atoms with Gasteiger partial charge in [0.15, 0.2) is 0 Å². The molecule has 2 heterocycles. The van der Waals surface area contributed by atoms with Crippen molar-refractivity contribution in [2.24, 2.45) is 0 Å². The van der Waals surface area contributed by atoms with Crippen molar-refractivity contribution in [3.63, 3.8) is 0 Å². The summed E-state index contributed by atoms with van der Waals surface area (Å²) in [6, 6.07) is 2.55. The van der Waals surface area contributed by atoms with Gasteiger partial charge < -0.3 is 9.64 Å². The quantitative estimate of drug-likeness (QED) is 0.781. The first kappa shape index (κ1) is 17.0. The first-order valence-electron chi connectivity index (χ1n) is 7.59. The Morgan fingerprint density at radius 3 is 2.64 bits per heavy atom. The summed E-state index contributed by atoms with van der Waals surface area (Å²) in [7, 11) is 0. The van der Waals surface area contributed by atoms with Gasteiger partial charge in [0, 0.05) is 39.0 Å². The molecule has 0 unspecified atom stereocenters. The van der Waals surface area contributed by atoms with Crippen molar-refractivity contribution >= 4 is 5.82 Å². The maximum atomic E-state index is 12.6. The molecule has 1 aromatic heterocycles. The van der Waals surface area contributed by atoms with Crippen LogP contribution in [0.2, 0.25) is 0 Å². The Morgan fingerprint density at radius 1 is 1.18 bits per heavy atom. The van der Waals surface area contributed by atoms with E-state index in [-0.39, 0.29) is 0 Å². The number of rotatable bonds is 5. The van der Waals surface area contributed by atoms with E-state index < -0.39 is 11.7 Å². The minimum Gasteiger partial charge on any atom is -0.380 e. The summed E-state index contributed by atoms with van der Waals surface area (Å²) in [5, 5.41) is 0. The van der Waals surface area contributed by atoms with Crippen molar-refractivity contribution in [3.8, 4) is 0 Å². The lowest BCUT2D eigenvalue weighted by molar-refractivity contribution is -0.137. The van der Waals surface area contributed by atoms with E-state index >= 15 is 0 Å². The predicted octanol–water partition coefficient (Wildman–Crippen LogP) is 2.65. The molecule has 0 bridgehead atoms. The van der Waals surface area contributed by atoms with Crippen molar-refractivity contribution in [2.75, 3.05) is 50.8 Å². The van der Waals surface area contributed by atoms with Gasteiger partial charge in [0.25, 0.3) is 0 Å². The third-order valence-electron chi connectivity index (χ3n) is 3.74. The Kier molecular flexibility index (Phi) is 6.02. The van der Waals surface area contributed by atoms with Gasteiger partial charge in [-0.25, -0.2) is 4.98 Å². The molecule has 22 heavy (non-hydrogen) atoms. The smallest absolute Gasteiger partial charge is 0.380 e. The summed E-state index contributed by atoms with van der Waals surface area (Å²) < 4.78 is 43.0. The van der Waals surface area contributed by atoms with Gasteiger partial charge in [-0.1, -0.05) is 0 Å². The Balaban J connectivity index is 1.90. The van der Waals surface area contributed by atoms with E-state index in [1.165, 1.54) is 6.07 Å². The number of alkyl halides is 3. The average Bonchev–Trinajstić information content (AvgIpc) is 2.73. The van der Waals surface area contributed by atoms with Crippen LogP contribution in [0.4, 0.5) is 19.0 Å². The number of pyridine rings is 1. The Hall–Kier alpha value is -1.34. The number of nitrogens with zero attached hydrogens (tertiary/aromatic N) is 3. The first-order chi connectivity index (χ1) is 10.5. The summed E-state index contributed by atoms with van der Waals surface area (Å²) >= 11 is 0. The largest absolute Gasteiger partial charge is 0.417 e. The van der Waals surface area contributed by atoms with Crippen LogP contribution in [0.1, 0.15) is 18.9 Å². The fourth-order valence-electron chi connectivity index (χ4n) is 2.50. The lowest BCUT2D eigenvalue weighted by atomic mass is 10.2. The van der Waals surface area contributed by atoms with E-state index in [1.54, 1.807) is 0 Å². The van der Waals surface area contributed by atoms with Crippen LogP contribution < -0.4 is 4.90 Å². The molecule has 0 spiro atoms. The topological polar surface area (TPSA) is 28.6 Å². The molecule has 1 saturated heterocycles. The molecule has 4 nitrogen and oxygen atoms in total. The number of aromatic nitrogens is 1. The van der Waals surface area contributed by atoms with Crippen molar-refractivity contribution in [1.29, 1.82) is 0 Å². The molecule has 2 rings (SSSR count). The summed E-state index contributed by atoms with van der Waals surface area (Å²) in [6.07, 6.45) is -2.46. The van der Waals surface area contributed by atoms with Gasteiger partial charge in [-0.2, -0.15) is 13.2 Å². The second-order valence-corrected chi connectivity index (χ2v) is 5.28. The zero-order valence-corrected chi connectivity index (χ0v) is 12.8. The minimum atomic E-state index is -4.33. The third kappa shape index (κ3) is 4.84. The number of hydrogen-bond acceptors (Lipinski definition) is 4. The number of anilines is 1. The molecular weight excluding hydrogens is 295 g/mol. The molecule has 0 amide bonds. The van der Waals surface area contributed by atoms with E-state index in [0.29, 0.717) is 5.82 Å². The van der Waals surface area contributed by atoms with E-state index in [0.717, 1.165) is 64.6 Å². The van der Waals surface area contributed by atoms with E-state index in [2.05, 4.69) is 9.88 Å². The Morgan fingerprint density at radius 2 is 2.00 bits per heavy atom. The summed E-state index contributed by atoms with van der Waals surface area (Å²) in [5.41, 5.74) is -0.704. The molecule has 0 saturated carbocycles. The zero-order valence-electron chi connectivity index (χ0n) is 12.8. The van der Waals surface area contributed by atoms with Crippen LogP contribution in [0, 0.1) is 0 Å². The maximum absolute atomic E-state index is 12.6. The van der Waals surface area contributed by atoms with Gasteiger partial charge >= 0.3 is 6.18 Å². The van der Waals surface area contributed by atoms with Crippen molar-refractivity contribution < 1.29 is 17.9 Å². The molecule has 1 aliphatic rings. The third-order valence-corrected chi connectivity index (χ3v) is 3.74. The zero-order chi connectivity index (χ0) is 16.0. The maximum Gasteiger partial charge on any atom is 0.417 e. The van der Waals surface area contributed by atoms with Crippen LogP contribution in [-0.4, -0.2) is 55.8 Å². The van der Waals surface area contributed by atoms with Crippen LogP contribution >= 0.6 is 0 Å². The molecule has 0 N–H and O–H groups in total. The van der Waals surface area contributed by atoms with Crippen LogP contribution in [0.5, 0.6) is 0 Å². The fraction of sp³-hybridized carbons (Fsp3) is 0.667. The SMILES string of the molecule is CCOCCN1CCCN(c2ccc(C(F)(F)F)cn2)CC1. The van der Waals surface area contributed by atoms with Crippen LogP contribution in [0.25, 0.3) is 0 Å². The molecule has 1 aliphatic heterocycles. The molecule has 0 aromatic carbocycles. The van der Waals surface area contributed by atoms with Gasteiger partial charge in [-0.15, -0.1) is 0 Å². The van der Waals surface area contributed by atoms with Crippen LogP contribution in [-0.2, 0) is 10.9 Å². The molecule has 1 fully saturated rings. The number of hydrogen-bond donors (Lipinski definition) is 0. The van der Waals surface area contributed by atoms with Gasteiger partial charge in [-0.05, 0) is 32.0 Å². The molecule has 7 heteroatoms. The molecule has 0 aliphatic carbocycles. The number of halogens is 3. The molecule has 0 atom stereocenters. The highest BCUT2D eigenvalue weighted by Gasteiger charge is 2.31. The highest BCUT2D eigenvalue weighted by Crippen LogP contribution is 2.29. The molecular formula is C15H22F3N3O. The Labute approximate surface area is 128 Å². The fourth-order valence-corrected chi connectivity index (χ4v) is 2.50. The highest BCUT2D eigenvalue weighted by atomic mass is 19.4. The van der Waals surface area contributed by atoms with Crippen LogP contribution in [0.3, 0.4) is 0 Å². The van der Waals surface area contributed by atoms with Gasteiger partial charge in [0.05, 0.1) is 12.2 Å². The molecule has 124 valence electrons. The second kappa shape index (κ2) is 7.78. The minimum absolute atomic E-state index is 0.611. The van der Waals surface area contributed by atoms with Gasteiger partial charge in [-0.3, -0.25) is 4.90 Å². The summed E-state index contributed by atoms with van der Waals surface area (Å²) in [4.78, 5) is 8.34. The monoisotopic (exact) mass is 317 g/mol.